The Bertz CT molecular complexity index is 897. The number of nitriles is 2. The van der Waals surface area contributed by atoms with Gasteiger partial charge in [0.25, 0.3) is 0 Å². The minimum atomic E-state index is -0.713. The standard InChI is InChI=1S/C19H19N5OS/c1-11(2)8-13-14(9-20)17(22)24-19(15(13)10-21)26-16(18(23)25)12-6-4-3-5-7-12/h3-7,11,16H,8H2,1-2H3,(H2,22,24)(H2,23,25)/t16-/m0/s1. The van der Waals surface area contributed by atoms with E-state index in [1.807, 2.05) is 38.1 Å². The van der Waals surface area contributed by atoms with E-state index in [4.69, 9.17) is 11.5 Å². The fraction of sp³-hybridized carbons (Fsp3) is 0.263. The average Bonchev–Trinajstić information content (AvgIpc) is 2.60. The van der Waals surface area contributed by atoms with Crippen LogP contribution in [0.4, 0.5) is 5.82 Å². The van der Waals surface area contributed by atoms with Crippen molar-refractivity contribution < 1.29 is 4.79 Å². The van der Waals surface area contributed by atoms with Crippen LogP contribution in [0.15, 0.2) is 35.4 Å². The van der Waals surface area contributed by atoms with Crippen molar-refractivity contribution in [3.8, 4) is 12.1 Å². The molecule has 26 heavy (non-hydrogen) atoms. The number of aromatic nitrogens is 1. The molecule has 4 N–H and O–H groups in total. The number of benzene rings is 1. The van der Waals surface area contributed by atoms with Gasteiger partial charge in [0.15, 0.2) is 0 Å². The molecule has 0 bridgehead atoms. The molecule has 0 unspecified atom stereocenters. The molecule has 1 heterocycles. The lowest BCUT2D eigenvalue weighted by atomic mass is 9.95. The monoisotopic (exact) mass is 365 g/mol. The van der Waals surface area contributed by atoms with Gasteiger partial charge in [-0.3, -0.25) is 4.79 Å². The minimum Gasteiger partial charge on any atom is -0.383 e. The maximum atomic E-state index is 12.0. The van der Waals surface area contributed by atoms with Crippen LogP contribution in [0.5, 0.6) is 0 Å². The van der Waals surface area contributed by atoms with Crippen LogP contribution >= 0.6 is 11.8 Å². The number of rotatable bonds is 6. The number of nitrogens with zero attached hydrogens (tertiary/aromatic N) is 3. The number of anilines is 1. The minimum absolute atomic E-state index is 0.0564. The molecule has 0 spiro atoms. The van der Waals surface area contributed by atoms with Crippen LogP contribution in [-0.4, -0.2) is 10.9 Å². The molecule has 0 aliphatic carbocycles. The number of hydrogen-bond donors (Lipinski definition) is 2. The van der Waals surface area contributed by atoms with Crippen molar-refractivity contribution in [3.63, 3.8) is 0 Å². The molecule has 1 aromatic carbocycles. The van der Waals surface area contributed by atoms with Crippen molar-refractivity contribution in [1.29, 1.82) is 10.5 Å². The average molecular weight is 365 g/mol. The Labute approximate surface area is 156 Å². The van der Waals surface area contributed by atoms with Crippen LogP contribution in [0.1, 0.15) is 41.4 Å². The fourth-order valence-electron chi connectivity index (χ4n) is 2.60. The van der Waals surface area contributed by atoms with E-state index in [0.717, 1.165) is 11.8 Å². The zero-order chi connectivity index (χ0) is 19.3. The van der Waals surface area contributed by atoms with Crippen molar-refractivity contribution in [3.05, 3.63) is 52.6 Å². The first-order valence-electron chi connectivity index (χ1n) is 8.02. The van der Waals surface area contributed by atoms with E-state index in [2.05, 4.69) is 11.1 Å². The predicted molar refractivity (Wildman–Crippen MR) is 101 cm³/mol. The summed E-state index contributed by atoms with van der Waals surface area (Å²) in [7, 11) is 0. The molecule has 0 saturated carbocycles. The smallest absolute Gasteiger partial charge is 0.235 e. The first-order chi connectivity index (χ1) is 12.4. The van der Waals surface area contributed by atoms with E-state index in [1.165, 1.54) is 0 Å². The molecular formula is C19H19N5OS. The van der Waals surface area contributed by atoms with E-state index in [9.17, 15) is 15.3 Å². The molecule has 6 nitrogen and oxygen atoms in total. The number of hydrogen-bond acceptors (Lipinski definition) is 6. The third kappa shape index (κ3) is 4.14. The van der Waals surface area contributed by atoms with Gasteiger partial charge in [0.2, 0.25) is 5.91 Å². The highest BCUT2D eigenvalue weighted by Crippen LogP contribution is 2.38. The summed E-state index contributed by atoms with van der Waals surface area (Å²) in [4.78, 5) is 16.2. The summed E-state index contributed by atoms with van der Waals surface area (Å²) < 4.78 is 0. The number of amides is 1. The Kier molecular flexibility index (Phi) is 6.21. The van der Waals surface area contributed by atoms with Gasteiger partial charge < -0.3 is 11.5 Å². The maximum absolute atomic E-state index is 12.0. The SMILES string of the molecule is CC(C)Cc1c(C#N)c(N)nc(S[C@H](C(N)=O)c2ccccc2)c1C#N. The van der Waals surface area contributed by atoms with Gasteiger partial charge in [-0.1, -0.05) is 55.9 Å². The number of carbonyl (C=O) groups is 1. The number of nitrogens with two attached hydrogens (primary N) is 2. The van der Waals surface area contributed by atoms with Crippen LogP contribution in [-0.2, 0) is 11.2 Å². The zero-order valence-electron chi connectivity index (χ0n) is 14.6. The highest BCUT2D eigenvalue weighted by molar-refractivity contribution is 8.00. The summed E-state index contributed by atoms with van der Waals surface area (Å²) in [5.74, 6) is -0.268. The first kappa shape index (κ1) is 19.3. The number of thioether (sulfide) groups is 1. The normalized spacial score (nSPS) is 11.6. The third-order valence-electron chi connectivity index (χ3n) is 3.72. The number of nitrogen functional groups attached to an aromatic ring is 1. The molecule has 2 aromatic rings. The van der Waals surface area contributed by atoms with Gasteiger partial charge in [0.1, 0.15) is 28.2 Å². The van der Waals surface area contributed by atoms with E-state index >= 15 is 0 Å². The molecule has 0 saturated heterocycles. The molecule has 132 valence electrons. The van der Waals surface area contributed by atoms with Gasteiger partial charge in [-0.2, -0.15) is 10.5 Å². The Balaban J connectivity index is 2.59. The van der Waals surface area contributed by atoms with Gasteiger partial charge in [-0.15, -0.1) is 0 Å². The predicted octanol–water partition coefficient (Wildman–Crippen LogP) is 2.92. The summed E-state index contributed by atoms with van der Waals surface area (Å²) >= 11 is 1.08. The van der Waals surface area contributed by atoms with Crippen LogP contribution < -0.4 is 11.5 Å². The molecular weight excluding hydrogens is 346 g/mol. The number of carbonyl (C=O) groups excluding carboxylic acids is 1. The molecule has 7 heteroatoms. The molecule has 0 fully saturated rings. The first-order valence-corrected chi connectivity index (χ1v) is 8.90. The fourth-order valence-corrected chi connectivity index (χ4v) is 3.67. The van der Waals surface area contributed by atoms with Crippen LogP contribution in [0.2, 0.25) is 0 Å². The van der Waals surface area contributed by atoms with Crippen LogP contribution in [0, 0.1) is 28.6 Å². The summed E-state index contributed by atoms with van der Waals surface area (Å²) in [6.07, 6.45) is 0.513. The van der Waals surface area contributed by atoms with Gasteiger partial charge in [-0.05, 0) is 23.5 Å². The Hall–Kier alpha value is -3.03. The second-order valence-corrected chi connectivity index (χ2v) is 7.26. The largest absolute Gasteiger partial charge is 0.383 e. The van der Waals surface area contributed by atoms with Gasteiger partial charge in [-0.25, -0.2) is 4.98 Å². The summed E-state index contributed by atoms with van der Waals surface area (Å²) in [5, 5.41) is 18.7. The van der Waals surface area contributed by atoms with Gasteiger partial charge in [0, 0.05) is 0 Å². The van der Waals surface area contributed by atoms with Crippen molar-refractivity contribution in [1.82, 2.24) is 4.98 Å². The summed E-state index contributed by atoms with van der Waals surface area (Å²) in [6.45, 7) is 3.98. The topological polar surface area (TPSA) is 130 Å². The van der Waals surface area contributed by atoms with E-state index in [-0.39, 0.29) is 22.9 Å². The quantitative estimate of drug-likeness (QED) is 0.757. The Morgan fingerprint density at radius 3 is 2.31 bits per heavy atom. The van der Waals surface area contributed by atoms with Crippen molar-refractivity contribution in [2.45, 2.75) is 30.5 Å². The summed E-state index contributed by atoms with van der Waals surface area (Å²) in [5.41, 5.74) is 13.3. The van der Waals surface area contributed by atoms with Crippen LogP contribution in [0.3, 0.4) is 0 Å². The third-order valence-corrected chi connectivity index (χ3v) is 4.98. The lowest BCUT2D eigenvalue weighted by Crippen LogP contribution is -2.19. The Morgan fingerprint density at radius 2 is 1.81 bits per heavy atom. The summed E-state index contributed by atoms with van der Waals surface area (Å²) in [6, 6.07) is 13.2. The number of primary amides is 1. The second kappa shape index (κ2) is 8.37. The molecule has 1 atom stereocenters. The zero-order valence-corrected chi connectivity index (χ0v) is 15.4. The van der Waals surface area contributed by atoms with E-state index in [0.29, 0.717) is 22.6 Å². The molecule has 2 rings (SSSR count). The van der Waals surface area contributed by atoms with Gasteiger partial charge >= 0.3 is 0 Å². The van der Waals surface area contributed by atoms with Crippen LogP contribution in [0.25, 0.3) is 0 Å². The second-order valence-electron chi connectivity index (χ2n) is 6.16. The molecule has 1 aromatic heterocycles. The molecule has 1 amide bonds. The van der Waals surface area contributed by atoms with Crippen molar-refractivity contribution >= 4 is 23.5 Å². The highest BCUT2D eigenvalue weighted by Gasteiger charge is 2.25. The van der Waals surface area contributed by atoms with E-state index < -0.39 is 11.2 Å². The van der Waals surface area contributed by atoms with Crippen molar-refractivity contribution in [2.24, 2.45) is 11.7 Å². The molecule has 0 aliphatic rings. The lowest BCUT2D eigenvalue weighted by Gasteiger charge is -2.17. The van der Waals surface area contributed by atoms with Crippen molar-refractivity contribution in [2.75, 3.05) is 5.73 Å². The number of pyridine rings is 1. The van der Waals surface area contributed by atoms with E-state index in [1.54, 1.807) is 12.1 Å². The highest BCUT2D eigenvalue weighted by atomic mass is 32.2. The molecule has 0 radical (unpaired) electrons. The Morgan fingerprint density at radius 1 is 1.19 bits per heavy atom. The lowest BCUT2D eigenvalue weighted by molar-refractivity contribution is -0.117. The molecule has 0 aliphatic heterocycles. The van der Waals surface area contributed by atoms with Gasteiger partial charge in [0.05, 0.1) is 11.1 Å². The maximum Gasteiger partial charge on any atom is 0.235 e.